The number of fused-ring (bicyclic) bond motifs is 1. The zero-order valence-corrected chi connectivity index (χ0v) is 24.3. The highest BCUT2D eigenvalue weighted by molar-refractivity contribution is 5.96. The number of carbonyl (C=O) groups is 1. The van der Waals surface area contributed by atoms with E-state index in [4.69, 9.17) is 9.15 Å². The maximum atomic E-state index is 13.7. The molecule has 6 heteroatoms. The van der Waals surface area contributed by atoms with Crippen molar-refractivity contribution in [3.63, 3.8) is 0 Å². The highest BCUT2D eigenvalue weighted by Crippen LogP contribution is 2.36. The van der Waals surface area contributed by atoms with E-state index < -0.39 is 5.97 Å². The third kappa shape index (κ3) is 6.07. The molecule has 0 bridgehead atoms. The summed E-state index contributed by atoms with van der Waals surface area (Å²) in [6.45, 7) is 14.3. The van der Waals surface area contributed by atoms with Crippen molar-refractivity contribution in [3.05, 3.63) is 111 Å². The fourth-order valence-electron chi connectivity index (χ4n) is 5.43. The van der Waals surface area contributed by atoms with Crippen LogP contribution >= 0.6 is 0 Å². The van der Waals surface area contributed by atoms with Gasteiger partial charge in [0, 0.05) is 24.3 Å². The second kappa shape index (κ2) is 11.7. The molecule has 1 atom stereocenters. The Morgan fingerprint density at radius 2 is 1.78 bits per heavy atom. The molecule has 1 aliphatic heterocycles. The molecule has 5 rings (SSSR count). The molecular formula is C35H38N2O4. The largest absolute Gasteiger partial charge is 0.457 e. The molecule has 0 amide bonds. The summed E-state index contributed by atoms with van der Waals surface area (Å²) in [6, 6.07) is 20.6. The van der Waals surface area contributed by atoms with E-state index in [1.165, 1.54) is 0 Å². The Hall–Kier alpha value is -4.32. The van der Waals surface area contributed by atoms with Crippen LogP contribution in [0.3, 0.4) is 0 Å². The normalized spacial score (nSPS) is 15.4. The standard InChI is InChI=1S/C35H38N2O4/c1-6-26-31(38)29-21-23(2)20-28(32(29)41-33(26)37-18-16-35(4,5)17-19-37)24(3)36-30-15-11-10-14-27(30)34(39)40-22-25-12-8-7-9-13-25/h6-15,20-21,24,36H,1,16-19,22H2,2-5H3. The van der Waals surface area contributed by atoms with Crippen molar-refractivity contribution in [2.75, 3.05) is 23.3 Å². The van der Waals surface area contributed by atoms with Gasteiger partial charge < -0.3 is 19.4 Å². The predicted molar refractivity (Wildman–Crippen MR) is 167 cm³/mol. The van der Waals surface area contributed by atoms with Gasteiger partial charge in [0.2, 0.25) is 11.3 Å². The molecule has 0 radical (unpaired) electrons. The van der Waals surface area contributed by atoms with Crippen LogP contribution in [0.1, 0.15) is 72.3 Å². The lowest BCUT2D eigenvalue weighted by Crippen LogP contribution is -2.38. The molecule has 4 aromatic rings. The van der Waals surface area contributed by atoms with Crippen molar-refractivity contribution in [3.8, 4) is 0 Å². The van der Waals surface area contributed by atoms with Crippen LogP contribution in [-0.2, 0) is 11.3 Å². The highest BCUT2D eigenvalue weighted by atomic mass is 16.5. The van der Waals surface area contributed by atoms with Crippen molar-refractivity contribution in [2.24, 2.45) is 5.41 Å². The van der Waals surface area contributed by atoms with E-state index in [1.807, 2.05) is 74.5 Å². The van der Waals surface area contributed by atoms with Crippen LogP contribution in [0.5, 0.6) is 0 Å². The molecule has 1 aliphatic rings. The fraction of sp³-hybridized carbons (Fsp3) is 0.314. The Labute approximate surface area is 241 Å². The maximum Gasteiger partial charge on any atom is 0.340 e. The summed E-state index contributed by atoms with van der Waals surface area (Å²) < 4.78 is 12.2. The Balaban J connectivity index is 1.48. The van der Waals surface area contributed by atoms with Crippen molar-refractivity contribution >= 4 is 34.6 Å². The van der Waals surface area contributed by atoms with Gasteiger partial charge in [0.1, 0.15) is 12.2 Å². The first-order valence-corrected chi connectivity index (χ1v) is 14.2. The van der Waals surface area contributed by atoms with Gasteiger partial charge in [0.25, 0.3) is 0 Å². The number of nitrogens with zero attached hydrogens (tertiary/aromatic N) is 1. The number of nitrogens with one attached hydrogen (secondary N) is 1. The first kappa shape index (κ1) is 28.2. The summed E-state index contributed by atoms with van der Waals surface area (Å²) in [5.74, 6) is 0.172. The van der Waals surface area contributed by atoms with E-state index in [1.54, 1.807) is 12.1 Å². The molecule has 2 heterocycles. The molecule has 0 spiro atoms. The van der Waals surface area contributed by atoms with E-state index in [-0.39, 0.29) is 23.5 Å². The SMILES string of the molecule is C=Cc1c(N2CCC(C)(C)CC2)oc2c(C(C)Nc3ccccc3C(=O)OCc3ccccc3)cc(C)cc2c1=O. The first-order valence-electron chi connectivity index (χ1n) is 14.2. The highest BCUT2D eigenvalue weighted by Gasteiger charge is 2.29. The van der Waals surface area contributed by atoms with Crippen LogP contribution in [0.2, 0.25) is 0 Å². The number of esters is 1. The summed E-state index contributed by atoms with van der Waals surface area (Å²) in [5.41, 5.74) is 5.05. The Bertz CT molecular complexity index is 1630. The molecule has 1 saturated heterocycles. The van der Waals surface area contributed by atoms with Gasteiger partial charge in [-0.1, -0.05) is 75.0 Å². The van der Waals surface area contributed by atoms with Gasteiger partial charge in [-0.25, -0.2) is 4.79 Å². The third-order valence-electron chi connectivity index (χ3n) is 7.99. The zero-order valence-electron chi connectivity index (χ0n) is 24.3. The van der Waals surface area contributed by atoms with Crippen LogP contribution in [-0.4, -0.2) is 19.1 Å². The number of piperidine rings is 1. The number of hydrogen-bond donors (Lipinski definition) is 1. The van der Waals surface area contributed by atoms with Gasteiger partial charge in [0.15, 0.2) is 0 Å². The number of carbonyl (C=O) groups excluding carboxylic acids is 1. The number of anilines is 2. The van der Waals surface area contributed by atoms with E-state index in [0.717, 1.165) is 42.6 Å². The minimum atomic E-state index is -0.407. The monoisotopic (exact) mass is 550 g/mol. The molecule has 0 aliphatic carbocycles. The van der Waals surface area contributed by atoms with Gasteiger partial charge in [-0.2, -0.15) is 0 Å². The van der Waals surface area contributed by atoms with Crippen molar-refractivity contribution in [1.29, 1.82) is 0 Å². The molecule has 3 aromatic carbocycles. The molecule has 0 saturated carbocycles. The second-order valence-electron chi connectivity index (χ2n) is 11.7. The number of para-hydroxylation sites is 1. The lowest BCUT2D eigenvalue weighted by molar-refractivity contribution is 0.0474. The third-order valence-corrected chi connectivity index (χ3v) is 7.99. The van der Waals surface area contributed by atoms with Crippen molar-refractivity contribution < 1.29 is 13.9 Å². The molecule has 6 nitrogen and oxygen atoms in total. The fourth-order valence-corrected chi connectivity index (χ4v) is 5.43. The van der Waals surface area contributed by atoms with Crippen LogP contribution in [0.15, 0.2) is 82.5 Å². The van der Waals surface area contributed by atoms with Gasteiger partial charge >= 0.3 is 5.97 Å². The number of hydrogen-bond acceptors (Lipinski definition) is 6. The quantitative estimate of drug-likeness (QED) is 0.225. The molecule has 1 N–H and O–H groups in total. The van der Waals surface area contributed by atoms with Crippen LogP contribution < -0.4 is 15.6 Å². The first-order chi connectivity index (χ1) is 19.7. The van der Waals surface area contributed by atoms with Crippen molar-refractivity contribution in [2.45, 2.75) is 53.2 Å². The average molecular weight is 551 g/mol. The van der Waals surface area contributed by atoms with Gasteiger partial charge in [-0.3, -0.25) is 4.79 Å². The second-order valence-corrected chi connectivity index (χ2v) is 11.7. The summed E-state index contributed by atoms with van der Waals surface area (Å²) in [4.78, 5) is 29.0. The number of benzene rings is 3. The van der Waals surface area contributed by atoms with Gasteiger partial charge in [-0.05, 0) is 61.4 Å². The smallest absolute Gasteiger partial charge is 0.340 e. The van der Waals surface area contributed by atoms with Gasteiger partial charge in [0.05, 0.1) is 22.6 Å². The molecular weight excluding hydrogens is 512 g/mol. The Morgan fingerprint density at radius 3 is 2.49 bits per heavy atom. The molecule has 1 fully saturated rings. The number of aryl methyl sites for hydroxylation is 1. The zero-order chi connectivity index (χ0) is 29.1. The van der Waals surface area contributed by atoms with Crippen LogP contribution in [0, 0.1) is 12.3 Å². The van der Waals surface area contributed by atoms with Crippen LogP contribution in [0.25, 0.3) is 17.0 Å². The van der Waals surface area contributed by atoms with E-state index in [0.29, 0.717) is 33.7 Å². The van der Waals surface area contributed by atoms with E-state index in [9.17, 15) is 9.59 Å². The minimum Gasteiger partial charge on any atom is -0.457 e. The number of rotatable bonds is 8. The van der Waals surface area contributed by atoms with E-state index >= 15 is 0 Å². The molecule has 41 heavy (non-hydrogen) atoms. The Morgan fingerprint density at radius 1 is 1.10 bits per heavy atom. The molecule has 1 unspecified atom stereocenters. The maximum absolute atomic E-state index is 13.7. The molecule has 212 valence electrons. The topological polar surface area (TPSA) is 71.8 Å². The van der Waals surface area contributed by atoms with E-state index in [2.05, 4.69) is 30.6 Å². The minimum absolute atomic E-state index is 0.0804. The summed E-state index contributed by atoms with van der Waals surface area (Å²) in [5, 5.41) is 4.01. The lowest BCUT2D eigenvalue weighted by atomic mass is 9.82. The van der Waals surface area contributed by atoms with Crippen molar-refractivity contribution in [1.82, 2.24) is 0 Å². The average Bonchev–Trinajstić information content (AvgIpc) is 2.96. The lowest BCUT2D eigenvalue weighted by Gasteiger charge is -2.37. The predicted octanol–water partition coefficient (Wildman–Crippen LogP) is 7.90. The number of ether oxygens (including phenoxy) is 1. The summed E-state index contributed by atoms with van der Waals surface area (Å²) in [7, 11) is 0. The molecule has 1 aromatic heterocycles. The summed E-state index contributed by atoms with van der Waals surface area (Å²) in [6.07, 6.45) is 3.64. The summed E-state index contributed by atoms with van der Waals surface area (Å²) >= 11 is 0. The van der Waals surface area contributed by atoms with Gasteiger partial charge in [-0.15, -0.1) is 0 Å². The van der Waals surface area contributed by atoms with Crippen LogP contribution in [0.4, 0.5) is 11.6 Å². The Kier molecular flexibility index (Phi) is 8.02.